The van der Waals surface area contributed by atoms with E-state index in [9.17, 15) is 0 Å². The zero-order valence-corrected chi connectivity index (χ0v) is 11.6. The maximum atomic E-state index is 4.59. The van der Waals surface area contributed by atoms with Crippen LogP contribution in [0.25, 0.3) is 11.0 Å². The summed E-state index contributed by atoms with van der Waals surface area (Å²) in [6.07, 6.45) is 1.06. The van der Waals surface area contributed by atoms with Crippen LogP contribution in [0.15, 0.2) is 54.6 Å². The number of aromatic amines is 1. The van der Waals surface area contributed by atoms with Crippen LogP contribution in [0.1, 0.15) is 30.8 Å². The number of nitrogens with zero attached hydrogens (tertiary/aromatic N) is 1. The van der Waals surface area contributed by atoms with Crippen molar-refractivity contribution < 1.29 is 0 Å². The van der Waals surface area contributed by atoms with E-state index in [0.29, 0.717) is 6.04 Å². The fraction of sp³-hybridized carbons (Fsp3) is 0.235. The maximum Gasteiger partial charge on any atom is 0.121 e. The molecule has 0 aliphatic rings. The van der Waals surface area contributed by atoms with Crippen LogP contribution in [-0.2, 0) is 6.54 Å². The number of H-pyrrole nitrogens is 1. The standard InChI is InChI=1S/C17H19N3/c1-2-14(13-8-4-3-5-9-13)18-12-17-19-15-10-6-7-11-16(15)20-17/h3-11,14,18H,2,12H2,1H3,(H,19,20). The molecule has 0 aliphatic heterocycles. The van der Waals surface area contributed by atoms with Crippen LogP contribution in [0.4, 0.5) is 0 Å². The summed E-state index contributed by atoms with van der Waals surface area (Å²) in [6, 6.07) is 19.0. The van der Waals surface area contributed by atoms with Crippen molar-refractivity contribution in [3.8, 4) is 0 Å². The topological polar surface area (TPSA) is 40.7 Å². The highest BCUT2D eigenvalue weighted by atomic mass is 15.0. The molecule has 2 N–H and O–H groups in total. The molecule has 102 valence electrons. The predicted molar refractivity (Wildman–Crippen MR) is 82.4 cm³/mol. The van der Waals surface area contributed by atoms with Crippen molar-refractivity contribution in [3.63, 3.8) is 0 Å². The molecule has 1 aromatic heterocycles. The average molecular weight is 265 g/mol. The Morgan fingerprint density at radius 2 is 1.80 bits per heavy atom. The first-order valence-electron chi connectivity index (χ1n) is 7.09. The Morgan fingerprint density at radius 3 is 2.55 bits per heavy atom. The third-order valence-corrected chi connectivity index (χ3v) is 3.56. The summed E-state index contributed by atoms with van der Waals surface area (Å²) in [7, 11) is 0. The number of benzene rings is 2. The maximum absolute atomic E-state index is 4.59. The van der Waals surface area contributed by atoms with Crippen molar-refractivity contribution in [2.24, 2.45) is 0 Å². The van der Waals surface area contributed by atoms with Crippen LogP contribution in [0.3, 0.4) is 0 Å². The summed E-state index contributed by atoms with van der Waals surface area (Å²) >= 11 is 0. The molecule has 0 spiro atoms. The van der Waals surface area contributed by atoms with Crippen molar-refractivity contribution >= 4 is 11.0 Å². The Hall–Kier alpha value is -2.13. The van der Waals surface area contributed by atoms with E-state index in [0.717, 1.165) is 29.8 Å². The number of hydrogen-bond donors (Lipinski definition) is 2. The Morgan fingerprint density at radius 1 is 1.05 bits per heavy atom. The average Bonchev–Trinajstić information content (AvgIpc) is 2.92. The number of hydrogen-bond acceptors (Lipinski definition) is 2. The van der Waals surface area contributed by atoms with Crippen LogP contribution in [-0.4, -0.2) is 9.97 Å². The van der Waals surface area contributed by atoms with E-state index in [4.69, 9.17) is 0 Å². The molecule has 3 rings (SSSR count). The molecule has 20 heavy (non-hydrogen) atoms. The summed E-state index contributed by atoms with van der Waals surface area (Å²) in [5.41, 5.74) is 3.44. The number of nitrogens with one attached hydrogen (secondary N) is 2. The Bertz CT molecular complexity index is 640. The molecular formula is C17H19N3. The van der Waals surface area contributed by atoms with E-state index in [1.807, 2.05) is 18.2 Å². The van der Waals surface area contributed by atoms with Gasteiger partial charge in [0.15, 0.2) is 0 Å². The normalized spacial score (nSPS) is 12.7. The molecule has 3 nitrogen and oxygen atoms in total. The molecule has 2 aromatic carbocycles. The summed E-state index contributed by atoms with van der Waals surface area (Å²) in [6.45, 7) is 2.95. The van der Waals surface area contributed by atoms with Gasteiger partial charge < -0.3 is 10.3 Å². The van der Waals surface area contributed by atoms with E-state index >= 15 is 0 Å². The molecule has 0 saturated heterocycles. The highest BCUT2D eigenvalue weighted by molar-refractivity contribution is 5.74. The van der Waals surface area contributed by atoms with Crippen molar-refractivity contribution in [2.45, 2.75) is 25.9 Å². The van der Waals surface area contributed by atoms with Gasteiger partial charge in [-0.25, -0.2) is 4.98 Å². The molecule has 0 bridgehead atoms. The monoisotopic (exact) mass is 265 g/mol. The predicted octanol–water partition coefficient (Wildman–Crippen LogP) is 3.80. The Balaban J connectivity index is 1.71. The molecule has 0 saturated carbocycles. The lowest BCUT2D eigenvalue weighted by Gasteiger charge is -2.16. The zero-order valence-electron chi connectivity index (χ0n) is 11.6. The second kappa shape index (κ2) is 5.88. The van der Waals surface area contributed by atoms with Gasteiger partial charge in [0.2, 0.25) is 0 Å². The van der Waals surface area contributed by atoms with Crippen LogP contribution in [0.2, 0.25) is 0 Å². The van der Waals surface area contributed by atoms with Gasteiger partial charge in [0.25, 0.3) is 0 Å². The largest absolute Gasteiger partial charge is 0.341 e. The van der Waals surface area contributed by atoms with Gasteiger partial charge in [-0.2, -0.15) is 0 Å². The number of aromatic nitrogens is 2. The molecule has 3 heteroatoms. The summed E-state index contributed by atoms with van der Waals surface area (Å²) < 4.78 is 0. The zero-order chi connectivity index (χ0) is 13.8. The third-order valence-electron chi connectivity index (χ3n) is 3.56. The molecule has 3 aromatic rings. The number of fused-ring (bicyclic) bond motifs is 1. The van der Waals surface area contributed by atoms with Gasteiger partial charge in [-0.05, 0) is 24.1 Å². The Kier molecular flexibility index (Phi) is 3.79. The molecule has 0 fully saturated rings. The third kappa shape index (κ3) is 2.73. The highest BCUT2D eigenvalue weighted by Gasteiger charge is 2.09. The van der Waals surface area contributed by atoms with Gasteiger partial charge >= 0.3 is 0 Å². The van der Waals surface area contributed by atoms with Crippen molar-refractivity contribution in [1.29, 1.82) is 0 Å². The lowest BCUT2D eigenvalue weighted by Crippen LogP contribution is -2.20. The number of para-hydroxylation sites is 2. The summed E-state index contributed by atoms with van der Waals surface area (Å²) in [5, 5.41) is 3.57. The fourth-order valence-corrected chi connectivity index (χ4v) is 2.49. The lowest BCUT2D eigenvalue weighted by molar-refractivity contribution is 0.511. The fourth-order valence-electron chi connectivity index (χ4n) is 2.49. The van der Waals surface area contributed by atoms with Gasteiger partial charge in [0.1, 0.15) is 5.82 Å². The van der Waals surface area contributed by atoms with Crippen LogP contribution < -0.4 is 5.32 Å². The van der Waals surface area contributed by atoms with E-state index in [-0.39, 0.29) is 0 Å². The number of imidazole rings is 1. The van der Waals surface area contributed by atoms with Crippen LogP contribution in [0.5, 0.6) is 0 Å². The summed E-state index contributed by atoms with van der Waals surface area (Å²) in [5.74, 6) is 0.987. The molecule has 1 atom stereocenters. The lowest BCUT2D eigenvalue weighted by atomic mass is 10.0. The van der Waals surface area contributed by atoms with E-state index in [1.54, 1.807) is 0 Å². The second-order valence-electron chi connectivity index (χ2n) is 4.95. The first-order chi connectivity index (χ1) is 9.86. The van der Waals surface area contributed by atoms with Gasteiger partial charge in [0.05, 0.1) is 17.6 Å². The van der Waals surface area contributed by atoms with Crippen molar-refractivity contribution in [2.75, 3.05) is 0 Å². The van der Waals surface area contributed by atoms with Gasteiger partial charge in [0, 0.05) is 6.04 Å². The first-order valence-corrected chi connectivity index (χ1v) is 7.09. The molecule has 0 radical (unpaired) electrons. The smallest absolute Gasteiger partial charge is 0.121 e. The molecule has 0 amide bonds. The van der Waals surface area contributed by atoms with Crippen molar-refractivity contribution in [1.82, 2.24) is 15.3 Å². The Labute approximate surface area is 119 Å². The van der Waals surface area contributed by atoms with E-state index in [2.05, 4.69) is 58.6 Å². The molecule has 1 heterocycles. The van der Waals surface area contributed by atoms with Crippen LogP contribution in [0, 0.1) is 0 Å². The summed E-state index contributed by atoms with van der Waals surface area (Å²) in [4.78, 5) is 7.95. The molecule has 1 unspecified atom stereocenters. The quantitative estimate of drug-likeness (QED) is 0.736. The van der Waals surface area contributed by atoms with E-state index in [1.165, 1.54) is 5.56 Å². The van der Waals surface area contributed by atoms with Gasteiger partial charge in [-0.3, -0.25) is 0 Å². The highest BCUT2D eigenvalue weighted by Crippen LogP contribution is 2.17. The first kappa shape index (κ1) is 12.9. The van der Waals surface area contributed by atoms with Gasteiger partial charge in [-0.1, -0.05) is 49.4 Å². The number of rotatable bonds is 5. The minimum absolute atomic E-state index is 0.365. The second-order valence-corrected chi connectivity index (χ2v) is 4.95. The minimum Gasteiger partial charge on any atom is -0.341 e. The van der Waals surface area contributed by atoms with Gasteiger partial charge in [-0.15, -0.1) is 0 Å². The van der Waals surface area contributed by atoms with E-state index < -0.39 is 0 Å². The minimum atomic E-state index is 0.365. The van der Waals surface area contributed by atoms with Crippen LogP contribution >= 0.6 is 0 Å². The molecule has 0 aliphatic carbocycles. The SMILES string of the molecule is CCC(NCc1nc2ccccc2[nH]1)c1ccccc1. The van der Waals surface area contributed by atoms with Crippen molar-refractivity contribution in [3.05, 3.63) is 66.0 Å². The molecular weight excluding hydrogens is 246 g/mol.